The average Bonchev–Trinajstić information content (AvgIpc) is 3.16. The van der Waals surface area contributed by atoms with E-state index in [0.29, 0.717) is 11.1 Å². The lowest BCUT2D eigenvalue weighted by Gasteiger charge is -2.10. The number of hydrogen-bond donors (Lipinski definition) is 1. The van der Waals surface area contributed by atoms with Gasteiger partial charge in [0.25, 0.3) is 0 Å². The third-order valence-corrected chi connectivity index (χ3v) is 4.10. The van der Waals surface area contributed by atoms with Crippen LogP contribution in [0, 0.1) is 6.92 Å². The number of hydrogen-bond acceptors (Lipinski definition) is 4. The molecule has 1 saturated carbocycles. The maximum absolute atomic E-state index is 10.7. The minimum absolute atomic E-state index is 0.00534. The van der Waals surface area contributed by atoms with E-state index in [1.807, 2.05) is 29.7 Å². The normalized spacial score (nSPS) is 14.4. The van der Waals surface area contributed by atoms with Gasteiger partial charge in [0, 0.05) is 11.6 Å². The summed E-state index contributed by atoms with van der Waals surface area (Å²) in [5, 5.41) is 17.9. The first-order valence-electron chi connectivity index (χ1n) is 6.52. The van der Waals surface area contributed by atoms with Crippen molar-refractivity contribution in [2.75, 3.05) is 5.75 Å². The van der Waals surface area contributed by atoms with E-state index in [0.717, 1.165) is 29.9 Å². The van der Waals surface area contributed by atoms with E-state index in [2.05, 4.69) is 16.3 Å². The van der Waals surface area contributed by atoms with Gasteiger partial charge in [-0.05, 0) is 37.5 Å². The number of aliphatic carboxylic acids is 1. The molecule has 1 aliphatic rings. The van der Waals surface area contributed by atoms with Gasteiger partial charge in [0.1, 0.15) is 5.82 Å². The third-order valence-electron chi connectivity index (χ3n) is 3.19. The van der Waals surface area contributed by atoms with Gasteiger partial charge in [-0.1, -0.05) is 23.9 Å². The van der Waals surface area contributed by atoms with Crippen LogP contribution < -0.4 is 0 Å². The van der Waals surface area contributed by atoms with Crippen LogP contribution in [-0.2, 0) is 4.79 Å². The molecule has 0 radical (unpaired) electrons. The molecule has 0 saturated heterocycles. The number of carboxylic acids is 1. The van der Waals surface area contributed by atoms with Crippen LogP contribution >= 0.6 is 11.8 Å². The number of benzene rings is 1. The van der Waals surface area contributed by atoms with Crippen LogP contribution in [0.3, 0.4) is 0 Å². The highest BCUT2D eigenvalue weighted by molar-refractivity contribution is 7.99. The first kappa shape index (κ1) is 13.2. The van der Waals surface area contributed by atoms with E-state index in [9.17, 15) is 4.79 Å². The predicted molar refractivity (Wildman–Crippen MR) is 76.4 cm³/mol. The van der Waals surface area contributed by atoms with Crippen molar-refractivity contribution in [1.29, 1.82) is 0 Å². The predicted octanol–water partition coefficient (Wildman–Crippen LogP) is 2.63. The lowest BCUT2D eigenvalue weighted by molar-refractivity contribution is -0.133. The molecule has 1 fully saturated rings. The Kier molecular flexibility index (Phi) is 3.48. The zero-order valence-corrected chi connectivity index (χ0v) is 11.9. The number of aryl methyl sites for hydroxylation is 1. The zero-order chi connectivity index (χ0) is 14.1. The van der Waals surface area contributed by atoms with Crippen molar-refractivity contribution in [3.8, 4) is 5.69 Å². The zero-order valence-electron chi connectivity index (χ0n) is 11.1. The van der Waals surface area contributed by atoms with Crippen LogP contribution in [0.2, 0.25) is 0 Å². The second-order valence-electron chi connectivity index (χ2n) is 4.97. The molecule has 104 valence electrons. The van der Waals surface area contributed by atoms with Crippen LogP contribution in [0.15, 0.2) is 29.4 Å². The van der Waals surface area contributed by atoms with Gasteiger partial charge in [0.05, 0.1) is 5.75 Å². The molecule has 1 aromatic heterocycles. The maximum Gasteiger partial charge on any atom is 0.313 e. The monoisotopic (exact) mass is 289 g/mol. The van der Waals surface area contributed by atoms with Gasteiger partial charge in [0.2, 0.25) is 0 Å². The molecule has 0 aliphatic heterocycles. The van der Waals surface area contributed by atoms with Crippen molar-refractivity contribution in [2.24, 2.45) is 0 Å². The minimum atomic E-state index is -0.846. The highest BCUT2D eigenvalue weighted by Crippen LogP contribution is 2.41. The molecule has 0 atom stereocenters. The Morgan fingerprint density at radius 2 is 2.25 bits per heavy atom. The molecule has 1 aromatic carbocycles. The number of rotatable bonds is 5. The summed E-state index contributed by atoms with van der Waals surface area (Å²) in [4.78, 5) is 10.7. The molecule has 5 nitrogen and oxygen atoms in total. The molecule has 1 heterocycles. The van der Waals surface area contributed by atoms with Gasteiger partial charge in [-0.2, -0.15) is 0 Å². The van der Waals surface area contributed by atoms with Crippen LogP contribution in [-0.4, -0.2) is 31.6 Å². The second kappa shape index (κ2) is 5.28. The molecule has 1 aliphatic carbocycles. The highest BCUT2D eigenvalue weighted by atomic mass is 32.2. The number of carbonyl (C=O) groups is 1. The lowest BCUT2D eigenvalue weighted by Crippen LogP contribution is -2.04. The summed E-state index contributed by atoms with van der Waals surface area (Å²) in [7, 11) is 0. The summed E-state index contributed by atoms with van der Waals surface area (Å²) in [5.74, 6) is 0.557. The Morgan fingerprint density at radius 1 is 1.45 bits per heavy atom. The molecule has 3 rings (SSSR count). The summed E-state index contributed by atoms with van der Waals surface area (Å²) in [5.41, 5.74) is 2.16. The maximum atomic E-state index is 10.7. The largest absolute Gasteiger partial charge is 0.481 e. The quantitative estimate of drug-likeness (QED) is 0.857. The third kappa shape index (κ3) is 2.70. The van der Waals surface area contributed by atoms with Gasteiger partial charge < -0.3 is 5.11 Å². The molecule has 20 heavy (non-hydrogen) atoms. The fraction of sp³-hybridized carbons (Fsp3) is 0.357. The van der Waals surface area contributed by atoms with E-state index < -0.39 is 5.97 Å². The van der Waals surface area contributed by atoms with Gasteiger partial charge in [-0.25, -0.2) is 0 Å². The van der Waals surface area contributed by atoms with E-state index in [-0.39, 0.29) is 5.75 Å². The molecule has 6 heteroatoms. The molecule has 0 bridgehead atoms. The Bertz CT molecular complexity index is 650. The molecule has 0 unspecified atom stereocenters. The Hall–Kier alpha value is -1.82. The van der Waals surface area contributed by atoms with Crippen LogP contribution in [0.4, 0.5) is 0 Å². The van der Waals surface area contributed by atoms with Crippen molar-refractivity contribution in [3.63, 3.8) is 0 Å². The van der Waals surface area contributed by atoms with E-state index in [4.69, 9.17) is 5.11 Å². The standard InChI is InChI=1S/C14H15N3O2S/c1-9-3-2-4-11(7-9)17-13(10-5-6-10)15-16-14(17)20-8-12(18)19/h2-4,7,10H,5-6,8H2,1H3,(H,18,19). The molecule has 0 amide bonds. The number of thioether (sulfide) groups is 1. The Labute approximate surface area is 121 Å². The van der Waals surface area contributed by atoms with Gasteiger partial charge >= 0.3 is 5.97 Å². The first-order valence-corrected chi connectivity index (χ1v) is 7.50. The van der Waals surface area contributed by atoms with Crippen molar-refractivity contribution < 1.29 is 9.90 Å². The fourth-order valence-corrected chi connectivity index (χ4v) is 2.80. The lowest BCUT2D eigenvalue weighted by atomic mass is 10.2. The molecule has 0 spiro atoms. The minimum Gasteiger partial charge on any atom is -0.481 e. The molecule has 2 aromatic rings. The summed E-state index contributed by atoms with van der Waals surface area (Å²) in [6.45, 7) is 2.04. The Balaban J connectivity index is 2.01. The van der Waals surface area contributed by atoms with Gasteiger partial charge in [0.15, 0.2) is 5.16 Å². The van der Waals surface area contributed by atoms with Crippen molar-refractivity contribution in [2.45, 2.75) is 30.8 Å². The van der Waals surface area contributed by atoms with E-state index in [1.54, 1.807) is 0 Å². The van der Waals surface area contributed by atoms with Crippen molar-refractivity contribution >= 4 is 17.7 Å². The average molecular weight is 289 g/mol. The smallest absolute Gasteiger partial charge is 0.313 e. The summed E-state index contributed by atoms with van der Waals surface area (Å²) in [6.07, 6.45) is 2.26. The van der Waals surface area contributed by atoms with Gasteiger partial charge in [-0.3, -0.25) is 9.36 Å². The van der Waals surface area contributed by atoms with Gasteiger partial charge in [-0.15, -0.1) is 10.2 Å². The van der Waals surface area contributed by atoms with E-state index >= 15 is 0 Å². The number of aromatic nitrogens is 3. The highest BCUT2D eigenvalue weighted by Gasteiger charge is 2.31. The first-order chi connectivity index (χ1) is 9.65. The fourth-order valence-electron chi connectivity index (χ4n) is 2.12. The van der Waals surface area contributed by atoms with Crippen molar-refractivity contribution in [1.82, 2.24) is 14.8 Å². The Morgan fingerprint density at radius 3 is 2.90 bits per heavy atom. The topological polar surface area (TPSA) is 68.0 Å². The second-order valence-corrected chi connectivity index (χ2v) is 5.91. The van der Waals surface area contributed by atoms with Crippen LogP contribution in [0.5, 0.6) is 0 Å². The number of carboxylic acid groups (broad SMARTS) is 1. The summed E-state index contributed by atoms with van der Waals surface area (Å²) < 4.78 is 2.00. The summed E-state index contributed by atoms with van der Waals surface area (Å²) in [6, 6.07) is 8.11. The molecular weight excluding hydrogens is 274 g/mol. The van der Waals surface area contributed by atoms with Crippen molar-refractivity contribution in [3.05, 3.63) is 35.7 Å². The molecule has 1 N–H and O–H groups in total. The van der Waals surface area contributed by atoms with Crippen LogP contribution in [0.25, 0.3) is 5.69 Å². The van der Waals surface area contributed by atoms with Crippen LogP contribution in [0.1, 0.15) is 30.1 Å². The van der Waals surface area contributed by atoms with E-state index in [1.165, 1.54) is 11.8 Å². The summed E-state index contributed by atoms with van der Waals surface area (Å²) >= 11 is 1.21. The SMILES string of the molecule is Cc1cccc(-n2c(SCC(=O)O)nnc2C2CC2)c1. The number of nitrogens with zero attached hydrogens (tertiary/aromatic N) is 3. The molecular formula is C14H15N3O2S.